The van der Waals surface area contributed by atoms with E-state index in [1.54, 1.807) is 12.5 Å². The fourth-order valence-corrected chi connectivity index (χ4v) is 3.23. The van der Waals surface area contributed by atoms with E-state index in [-0.39, 0.29) is 6.54 Å². The minimum Gasteiger partial charge on any atom is -0.357 e. The number of benzene rings is 1. The van der Waals surface area contributed by atoms with Crippen LogP contribution >= 0.6 is 11.3 Å². The van der Waals surface area contributed by atoms with Crippen molar-refractivity contribution in [2.45, 2.75) is 26.2 Å². The molecule has 0 radical (unpaired) electrons. The Bertz CT molecular complexity index is 918. The molecule has 3 aromatic rings. The molecule has 0 amide bonds. The van der Waals surface area contributed by atoms with Crippen LogP contribution in [0.25, 0.3) is 5.69 Å². The predicted molar refractivity (Wildman–Crippen MR) is 102 cm³/mol. The molecular formula is C18H19F3N6S. The van der Waals surface area contributed by atoms with Crippen LogP contribution in [0.15, 0.2) is 53.4 Å². The largest absolute Gasteiger partial charge is 0.434 e. The number of halogens is 3. The molecule has 0 bridgehead atoms. The highest BCUT2D eigenvalue weighted by atomic mass is 32.1. The Labute approximate surface area is 164 Å². The van der Waals surface area contributed by atoms with Crippen LogP contribution < -0.4 is 10.6 Å². The maximum absolute atomic E-state index is 12.7. The molecule has 3 rings (SSSR count). The minimum absolute atomic E-state index is 0.162. The van der Waals surface area contributed by atoms with Gasteiger partial charge in [-0.25, -0.2) is 15.0 Å². The fourth-order valence-electron chi connectivity index (χ4n) is 2.49. The van der Waals surface area contributed by atoms with E-state index in [2.05, 4.69) is 25.6 Å². The van der Waals surface area contributed by atoms with Gasteiger partial charge in [0, 0.05) is 24.3 Å². The number of hydrogen-bond acceptors (Lipinski definition) is 4. The standard InChI is InChI=1S/C18H19F3N6S/c1-2-23-17(25-10-16-26-15(11-28-16)18(19,20)21)24-9-13-5-3-4-6-14(13)27-8-7-22-12-27/h3-8,11-12H,2,9-10H2,1H3,(H2,23,24,25). The molecule has 6 nitrogen and oxygen atoms in total. The smallest absolute Gasteiger partial charge is 0.357 e. The Morgan fingerprint density at radius 2 is 2.07 bits per heavy atom. The Kier molecular flexibility index (Phi) is 6.30. The lowest BCUT2D eigenvalue weighted by Crippen LogP contribution is -2.36. The molecule has 2 N–H and O–H groups in total. The Balaban J connectivity index is 1.69. The third-order valence-corrected chi connectivity index (χ3v) is 4.62. The van der Waals surface area contributed by atoms with Crippen molar-refractivity contribution in [3.05, 3.63) is 64.6 Å². The topological polar surface area (TPSA) is 67.1 Å². The third-order valence-electron chi connectivity index (χ3n) is 3.78. The number of aliphatic imine (C=N–C) groups is 1. The van der Waals surface area contributed by atoms with Gasteiger partial charge in [-0.15, -0.1) is 11.3 Å². The number of nitrogens with one attached hydrogen (secondary N) is 2. The van der Waals surface area contributed by atoms with Crippen LogP contribution in [-0.2, 0) is 19.3 Å². The summed E-state index contributed by atoms with van der Waals surface area (Å²) in [4.78, 5) is 12.2. The lowest BCUT2D eigenvalue weighted by molar-refractivity contribution is -0.140. The molecule has 0 spiro atoms. The highest BCUT2D eigenvalue weighted by Gasteiger charge is 2.33. The molecular weight excluding hydrogens is 389 g/mol. The highest BCUT2D eigenvalue weighted by Crippen LogP contribution is 2.29. The SMILES string of the molecule is CCNC(=NCc1ccccc1-n1ccnc1)NCc1nc(C(F)(F)F)cs1. The number of para-hydroxylation sites is 1. The van der Waals surface area contributed by atoms with E-state index in [0.29, 0.717) is 24.1 Å². The van der Waals surface area contributed by atoms with Gasteiger partial charge in [-0.05, 0) is 18.6 Å². The van der Waals surface area contributed by atoms with Gasteiger partial charge >= 0.3 is 6.18 Å². The Morgan fingerprint density at radius 1 is 1.25 bits per heavy atom. The van der Waals surface area contributed by atoms with Gasteiger partial charge in [-0.2, -0.15) is 13.2 Å². The molecule has 0 fully saturated rings. The number of rotatable bonds is 6. The molecule has 0 aliphatic rings. The van der Waals surface area contributed by atoms with Gasteiger partial charge in [0.2, 0.25) is 0 Å². The van der Waals surface area contributed by atoms with E-state index in [4.69, 9.17) is 0 Å². The lowest BCUT2D eigenvalue weighted by atomic mass is 10.2. The summed E-state index contributed by atoms with van der Waals surface area (Å²) in [5.41, 5.74) is 1.09. The summed E-state index contributed by atoms with van der Waals surface area (Å²) in [7, 11) is 0. The first-order valence-electron chi connectivity index (χ1n) is 8.57. The number of alkyl halides is 3. The minimum atomic E-state index is -4.43. The first kappa shape index (κ1) is 19.9. The van der Waals surface area contributed by atoms with E-state index in [9.17, 15) is 13.2 Å². The molecule has 0 aliphatic carbocycles. The van der Waals surface area contributed by atoms with Crippen molar-refractivity contribution in [1.82, 2.24) is 25.2 Å². The second-order valence-electron chi connectivity index (χ2n) is 5.77. The second kappa shape index (κ2) is 8.87. The van der Waals surface area contributed by atoms with Crippen LogP contribution in [0.4, 0.5) is 13.2 Å². The molecule has 10 heteroatoms. The monoisotopic (exact) mass is 408 g/mol. The Hall–Kier alpha value is -2.88. The van der Waals surface area contributed by atoms with Crippen molar-refractivity contribution in [2.75, 3.05) is 6.54 Å². The first-order valence-corrected chi connectivity index (χ1v) is 9.45. The molecule has 0 atom stereocenters. The summed E-state index contributed by atoms with van der Waals surface area (Å²) in [6, 6.07) is 7.81. The van der Waals surface area contributed by atoms with Crippen molar-refractivity contribution in [1.29, 1.82) is 0 Å². The first-order chi connectivity index (χ1) is 13.5. The molecule has 1 aromatic carbocycles. The normalized spacial score (nSPS) is 12.2. The second-order valence-corrected chi connectivity index (χ2v) is 6.71. The summed E-state index contributed by atoms with van der Waals surface area (Å²) >= 11 is 0.965. The summed E-state index contributed by atoms with van der Waals surface area (Å²) in [5, 5.41) is 7.48. The maximum atomic E-state index is 12.7. The number of aromatic nitrogens is 3. The average Bonchev–Trinajstić information content (AvgIpc) is 3.35. The van der Waals surface area contributed by atoms with Crippen LogP contribution in [0.1, 0.15) is 23.2 Å². The number of nitrogens with zero attached hydrogens (tertiary/aromatic N) is 4. The predicted octanol–water partition coefficient (Wildman–Crippen LogP) is 3.60. The van der Waals surface area contributed by atoms with Gasteiger partial charge < -0.3 is 15.2 Å². The number of imidazole rings is 1. The van der Waals surface area contributed by atoms with E-state index < -0.39 is 11.9 Å². The van der Waals surface area contributed by atoms with Crippen LogP contribution in [0.3, 0.4) is 0 Å². The number of thiazole rings is 1. The van der Waals surface area contributed by atoms with Crippen molar-refractivity contribution in [3.8, 4) is 5.69 Å². The summed E-state index contributed by atoms with van der Waals surface area (Å²) in [6.45, 7) is 3.10. The van der Waals surface area contributed by atoms with Crippen molar-refractivity contribution >= 4 is 17.3 Å². The molecule has 2 aromatic heterocycles. The maximum Gasteiger partial charge on any atom is 0.434 e. The zero-order valence-electron chi connectivity index (χ0n) is 15.1. The average molecular weight is 408 g/mol. The van der Waals surface area contributed by atoms with Crippen LogP contribution in [-0.4, -0.2) is 27.0 Å². The number of guanidine groups is 1. The molecule has 0 saturated heterocycles. The van der Waals surface area contributed by atoms with E-state index in [1.807, 2.05) is 42.0 Å². The van der Waals surface area contributed by atoms with Crippen molar-refractivity contribution in [2.24, 2.45) is 4.99 Å². The quantitative estimate of drug-likeness (QED) is 0.483. The van der Waals surface area contributed by atoms with Crippen molar-refractivity contribution in [3.63, 3.8) is 0 Å². The van der Waals surface area contributed by atoms with E-state index >= 15 is 0 Å². The lowest BCUT2D eigenvalue weighted by Gasteiger charge is -2.12. The van der Waals surface area contributed by atoms with Gasteiger partial charge in [0.15, 0.2) is 11.7 Å². The molecule has 0 aliphatic heterocycles. The van der Waals surface area contributed by atoms with Crippen LogP contribution in [0.2, 0.25) is 0 Å². The summed E-state index contributed by atoms with van der Waals surface area (Å²) in [5.74, 6) is 0.506. The molecule has 28 heavy (non-hydrogen) atoms. The van der Waals surface area contributed by atoms with E-state index in [0.717, 1.165) is 28.0 Å². The zero-order valence-corrected chi connectivity index (χ0v) is 15.9. The highest BCUT2D eigenvalue weighted by molar-refractivity contribution is 7.09. The molecule has 0 unspecified atom stereocenters. The van der Waals surface area contributed by atoms with Gasteiger partial charge in [0.25, 0.3) is 0 Å². The molecule has 2 heterocycles. The summed E-state index contributed by atoms with van der Waals surface area (Å²) in [6.07, 6.45) is 0.846. The van der Waals surface area contributed by atoms with Gasteiger partial charge in [-0.1, -0.05) is 18.2 Å². The van der Waals surface area contributed by atoms with Gasteiger partial charge in [0.1, 0.15) is 5.01 Å². The van der Waals surface area contributed by atoms with Gasteiger partial charge in [0.05, 0.1) is 25.1 Å². The van der Waals surface area contributed by atoms with E-state index in [1.165, 1.54) is 0 Å². The zero-order chi connectivity index (χ0) is 20.0. The molecule has 0 saturated carbocycles. The summed E-state index contributed by atoms with van der Waals surface area (Å²) < 4.78 is 39.9. The fraction of sp³-hybridized carbons (Fsp3) is 0.278. The molecule has 148 valence electrons. The Morgan fingerprint density at radius 3 is 2.75 bits per heavy atom. The third kappa shape index (κ3) is 5.10. The van der Waals surface area contributed by atoms with Crippen molar-refractivity contribution < 1.29 is 13.2 Å². The van der Waals surface area contributed by atoms with Crippen LogP contribution in [0, 0.1) is 0 Å². The van der Waals surface area contributed by atoms with Crippen LogP contribution in [0.5, 0.6) is 0 Å². The van der Waals surface area contributed by atoms with Gasteiger partial charge in [-0.3, -0.25) is 0 Å². The number of hydrogen-bond donors (Lipinski definition) is 2.